The fourth-order valence-electron chi connectivity index (χ4n) is 1.32. The van der Waals surface area contributed by atoms with Crippen molar-refractivity contribution >= 4 is 5.91 Å². The number of hydrogen-bond donors (Lipinski definition) is 1. The number of carbonyl (C=O) groups excluding carboxylic acids is 1. The zero-order chi connectivity index (χ0) is 8.55. The van der Waals surface area contributed by atoms with Gasteiger partial charge in [-0.15, -0.1) is 0 Å². The maximum absolute atomic E-state index is 11.2. The van der Waals surface area contributed by atoms with Crippen molar-refractivity contribution in [2.45, 2.75) is 19.9 Å². The molecule has 0 aromatic carbocycles. The van der Waals surface area contributed by atoms with Crippen LogP contribution in [-0.2, 0) is 13.0 Å². The summed E-state index contributed by atoms with van der Waals surface area (Å²) in [6, 6.07) is 3.94. The number of pyridine rings is 1. The fourth-order valence-corrected chi connectivity index (χ4v) is 1.32. The molecule has 1 aliphatic heterocycles. The maximum Gasteiger partial charge on any atom is 0.270 e. The van der Waals surface area contributed by atoms with Gasteiger partial charge in [-0.2, -0.15) is 0 Å². The second-order valence-electron chi connectivity index (χ2n) is 2.85. The number of nitrogens with one attached hydrogen (secondary N) is 1. The second-order valence-corrected chi connectivity index (χ2v) is 2.85. The minimum Gasteiger partial charge on any atom is -0.347 e. The standard InChI is InChI=1S/C9H10N2O/c1-2-7-4-3-6-5-10-9(12)8(6)11-7/h3-4H,2,5H2,1H3,(H,10,12). The molecule has 2 rings (SSSR count). The van der Waals surface area contributed by atoms with Crippen LogP contribution in [0.2, 0.25) is 0 Å². The molecule has 1 aromatic rings. The highest BCUT2D eigenvalue weighted by molar-refractivity contribution is 5.96. The molecular weight excluding hydrogens is 152 g/mol. The van der Waals surface area contributed by atoms with Gasteiger partial charge >= 0.3 is 0 Å². The van der Waals surface area contributed by atoms with Gasteiger partial charge in [0.25, 0.3) is 5.91 Å². The Bertz CT molecular complexity index is 333. The highest BCUT2D eigenvalue weighted by atomic mass is 16.2. The Morgan fingerprint density at radius 3 is 3.17 bits per heavy atom. The summed E-state index contributed by atoms with van der Waals surface area (Å²) in [6.45, 7) is 2.66. The summed E-state index contributed by atoms with van der Waals surface area (Å²) in [4.78, 5) is 15.4. The van der Waals surface area contributed by atoms with Crippen LogP contribution in [0.1, 0.15) is 28.7 Å². The van der Waals surface area contributed by atoms with E-state index in [1.807, 2.05) is 19.1 Å². The van der Waals surface area contributed by atoms with Gasteiger partial charge in [0, 0.05) is 17.8 Å². The zero-order valence-electron chi connectivity index (χ0n) is 6.92. The van der Waals surface area contributed by atoms with E-state index in [1.165, 1.54) is 0 Å². The minimum absolute atomic E-state index is 0.0414. The van der Waals surface area contributed by atoms with E-state index in [0.29, 0.717) is 12.2 Å². The monoisotopic (exact) mass is 162 g/mol. The number of hydrogen-bond acceptors (Lipinski definition) is 2. The van der Waals surface area contributed by atoms with Crippen molar-refractivity contribution in [1.82, 2.24) is 10.3 Å². The summed E-state index contributed by atoms with van der Waals surface area (Å²) in [6.07, 6.45) is 0.876. The average molecular weight is 162 g/mol. The van der Waals surface area contributed by atoms with Crippen LogP contribution in [0.4, 0.5) is 0 Å². The molecule has 0 spiro atoms. The van der Waals surface area contributed by atoms with Gasteiger partial charge in [-0.3, -0.25) is 4.79 Å². The van der Waals surface area contributed by atoms with Gasteiger partial charge in [-0.25, -0.2) is 4.98 Å². The minimum atomic E-state index is -0.0414. The Morgan fingerprint density at radius 2 is 2.42 bits per heavy atom. The summed E-state index contributed by atoms with van der Waals surface area (Å²) in [5.74, 6) is -0.0414. The first-order valence-corrected chi connectivity index (χ1v) is 4.08. The highest BCUT2D eigenvalue weighted by Crippen LogP contribution is 2.13. The molecule has 1 aliphatic rings. The SMILES string of the molecule is CCc1ccc2c(n1)C(=O)NC2. The fraction of sp³-hybridized carbons (Fsp3) is 0.333. The second kappa shape index (κ2) is 2.59. The lowest BCUT2D eigenvalue weighted by Gasteiger charge is -1.97. The van der Waals surface area contributed by atoms with E-state index >= 15 is 0 Å². The number of aryl methyl sites for hydroxylation is 1. The lowest BCUT2D eigenvalue weighted by atomic mass is 10.2. The topological polar surface area (TPSA) is 42.0 Å². The van der Waals surface area contributed by atoms with Crippen LogP contribution in [0.5, 0.6) is 0 Å². The van der Waals surface area contributed by atoms with Crippen molar-refractivity contribution in [2.75, 3.05) is 0 Å². The van der Waals surface area contributed by atoms with Crippen LogP contribution >= 0.6 is 0 Å². The lowest BCUT2D eigenvalue weighted by molar-refractivity contribution is 0.0961. The van der Waals surface area contributed by atoms with Crippen molar-refractivity contribution in [3.8, 4) is 0 Å². The van der Waals surface area contributed by atoms with Crippen LogP contribution in [0.25, 0.3) is 0 Å². The van der Waals surface area contributed by atoms with Crippen LogP contribution in [0.3, 0.4) is 0 Å². The molecule has 1 N–H and O–H groups in total. The molecule has 1 aromatic heterocycles. The molecule has 0 bridgehead atoms. The summed E-state index contributed by atoms with van der Waals surface area (Å²) in [5.41, 5.74) is 2.59. The van der Waals surface area contributed by atoms with Crippen LogP contribution in [0.15, 0.2) is 12.1 Å². The quantitative estimate of drug-likeness (QED) is 0.666. The van der Waals surface area contributed by atoms with Gasteiger partial charge in [0.1, 0.15) is 5.69 Å². The molecule has 0 unspecified atom stereocenters. The van der Waals surface area contributed by atoms with Crippen LogP contribution in [0, 0.1) is 0 Å². The summed E-state index contributed by atoms with van der Waals surface area (Å²) >= 11 is 0. The Hall–Kier alpha value is -1.38. The molecule has 0 saturated carbocycles. The Kier molecular flexibility index (Phi) is 1.57. The number of rotatable bonds is 1. The van der Waals surface area contributed by atoms with Crippen LogP contribution in [-0.4, -0.2) is 10.9 Å². The highest BCUT2D eigenvalue weighted by Gasteiger charge is 2.19. The van der Waals surface area contributed by atoms with Crippen molar-refractivity contribution in [1.29, 1.82) is 0 Å². The van der Waals surface area contributed by atoms with Crippen LogP contribution < -0.4 is 5.32 Å². The molecule has 0 atom stereocenters. The molecule has 1 amide bonds. The number of nitrogens with zero attached hydrogens (tertiary/aromatic N) is 1. The molecule has 3 nitrogen and oxygen atoms in total. The molecule has 2 heterocycles. The third kappa shape index (κ3) is 0.978. The third-order valence-corrected chi connectivity index (χ3v) is 2.05. The Balaban J connectivity index is 2.50. The molecule has 0 radical (unpaired) electrons. The summed E-state index contributed by atoms with van der Waals surface area (Å²) in [7, 11) is 0. The van der Waals surface area contributed by atoms with Crippen molar-refractivity contribution < 1.29 is 4.79 Å². The smallest absolute Gasteiger partial charge is 0.270 e. The van der Waals surface area contributed by atoms with Crippen molar-refractivity contribution in [3.05, 3.63) is 29.1 Å². The first kappa shape index (κ1) is 7.28. The summed E-state index contributed by atoms with van der Waals surface area (Å²) < 4.78 is 0. The normalized spacial score (nSPS) is 14.2. The number of amides is 1. The van der Waals surface area contributed by atoms with Gasteiger partial charge in [0.2, 0.25) is 0 Å². The molecule has 0 saturated heterocycles. The van der Waals surface area contributed by atoms with Gasteiger partial charge in [-0.1, -0.05) is 13.0 Å². The van der Waals surface area contributed by atoms with Gasteiger partial charge in [0.05, 0.1) is 0 Å². The largest absolute Gasteiger partial charge is 0.347 e. The van der Waals surface area contributed by atoms with E-state index < -0.39 is 0 Å². The molecule has 0 aliphatic carbocycles. The van der Waals surface area contributed by atoms with E-state index in [4.69, 9.17) is 0 Å². The van der Waals surface area contributed by atoms with Crippen molar-refractivity contribution in [3.63, 3.8) is 0 Å². The van der Waals surface area contributed by atoms with Gasteiger partial charge in [0.15, 0.2) is 0 Å². The average Bonchev–Trinajstić information content (AvgIpc) is 2.47. The number of aromatic nitrogens is 1. The molecule has 0 fully saturated rings. The number of fused-ring (bicyclic) bond motifs is 1. The maximum atomic E-state index is 11.2. The molecule has 62 valence electrons. The predicted octanol–water partition coefficient (Wildman–Crippen LogP) is 0.887. The first-order chi connectivity index (χ1) is 5.81. The van der Waals surface area contributed by atoms with Gasteiger partial charge < -0.3 is 5.32 Å². The van der Waals surface area contributed by atoms with Crippen molar-refractivity contribution in [2.24, 2.45) is 0 Å². The van der Waals surface area contributed by atoms with E-state index in [-0.39, 0.29) is 5.91 Å². The van der Waals surface area contributed by atoms with E-state index in [9.17, 15) is 4.79 Å². The Morgan fingerprint density at radius 1 is 1.58 bits per heavy atom. The Labute approximate surface area is 70.8 Å². The lowest BCUT2D eigenvalue weighted by Crippen LogP contribution is -2.13. The van der Waals surface area contributed by atoms with E-state index in [2.05, 4.69) is 10.3 Å². The zero-order valence-corrected chi connectivity index (χ0v) is 6.92. The first-order valence-electron chi connectivity index (χ1n) is 4.08. The number of carbonyl (C=O) groups is 1. The predicted molar refractivity (Wildman–Crippen MR) is 44.8 cm³/mol. The molecular formula is C9H10N2O. The molecule has 3 heteroatoms. The van der Waals surface area contributed by atoms with E-state index in [1.54, 1.807) is 0 Å². The molecule has 12 heavy (non-hydrogen) atoms. The third-order valence-electron chi connectivity index (χ3n) is 2.05. The summed E-state index contributed by atoms with van der Waals surface area (Å²) in [5, 5.41) is 2.73. The van der Waals surface area contributed by atoms with Gasteiger partial charge in [-0.05, 0) is 12.5 Å². The van der Waals surface area contributed by atoms with E-state index in [0.717, 1.165) is 17.7 Å².